The summed E-state index contributed by atoms with van der Waals surface area (Å²) in [5, 5.41) is 5.49. The van der Waals surface area contributed by atoms with Crippen LogP contribution in [0, 0.1) is 5.92 Å². The van der Waals surface area contributed by atoms with E-state index < -0.39 is 0 Å². The van der Waals surface area contributed by atoms with E-state index in [1.807, 2.05) is 0 Å². The summed E-state index contributed by atoms with van der Waals surface area (Å²) in [6.07, 6.45) is 2.79. The maximum Gasteiger partial charge on any atom is 0.0888 e. The Hall–Kier alpha value is -0.0900. The fraction of sp³-hybridized carbons (Fsp3) is 0.667. The van der Waals surface area contributed by atoms with Gasteiger partial charge < -0.3 is 10.1 Å². The molecule has 4 heteroatoms. The Morgan fingerprint density at radius 3 is 2.88 bits per heavy atom. The zero-order valence-corrected chi connectivity index (χ0v) is 11.3. The fourth-order valence-electron chi connectivity index (χ4n) is 1.93. The van der Waals surface area contributed by atoms with Crippen LogP contribution in [-0.4, -0.2) is 19.7 Å². The van der Waals surface area contributed by atoms with Crippen molar-refractivity contribution in [2.45, 2.75) is 25.9 Å². The number of nitrogens with one attached hydrogen (secondary N) is 1. The van der Waals surface area contributed by atoms with Crippen LogP contribution in [0.1, 0.15) is 30.7 Å². The molecule has 16 heavy (non-hydrogen) atoms. The summed E-state index contributed by atoms with van der Waals surface area (Å²) in [5.74, 6) is 0.758. The number of ether oxygens (including phenoxy) is 1. The lowest BCUT2D eigenvalue weighted by atomic mass is 9.99. The molecule has 1 aliphatic heterocycles. The zero-order chi connectivity index (χ0) is 10.5. The van der Waals surface area contributed by atoms with Crippen molar-refractivity contribution in [1.82, 2.24) is 5.32 Å². The molecule has 2 rings (SSSR count). The van der Waals surface area contributed by atoms with Gasteiger partial charge in [-0.05, 0) is 50.2 Å². The van der Waals surface area contributed by atoms with E-state index in [1.165, 1.54) is 17.7 Å². The van der Waals surface area contributed by atoms with Crippen LogP contribution < -0.4 is 5.32 Å². The highest BCUT2D eigenvalue weighted by atomic mass is 35.5. The van der Waals surface area contributed by atoms with Crippen LogP contribution in [0.25, 0.3) is 0 Å². The van der Waals surface area contributed by atoms with E-state index in [9.17, 15) is 0 Å². The lowest BCUT2D eigenvalue weighted by Crippen LogP contribution is -2.30. The Morgan fingerprint density at radius 2 is 2.25 bits per heavy atom. The minimum Gasteiger partial charge on any atom is -0.373 e. The van der Waals surface area contributed by atoms with E-state index in [1.54, 1.807) is 11.3 Å². The first-order valence-electron chi connectivity index (χ1n) is 5.72. The highest BCUT2D eigenvalue weighted by molar-refractivity contribution is 7.10. The maximum atomic E-state index is 5.91. The quantitative estimate of drug-likeness (QED) is 0.899. The first kappa shape index (κ1) is 14.0. The molecule has 0 aliphatic carbocycles. The van der Waals surface area contributed by atoms with Crippen molar-refractivity contribution < 1.29 is 4.74 Å². The topological polar surface area (TPSA) is 21.3 Å². The van der Waals surface area contributed by atoms with Gasteiger partial charge in [-0.1, -0.05) is 6.07 Å². The molecule has 1 fully saturated rings. The molecule has 0 bridgehead atoms. The molecule has 1 aromatic rings. The molecule has 1 aromatic heterocycles. The van der Waals surface area contributed by atoms with Gasteiger partial charge in [0.05, 0.1) is 12.7 Å². The second-order valence-corrected chi connectivity index (χ2v) is 5.16. The van der Waals surface area contributed by atoms with E-state index >= 15 is 0 Å². The Bertz CT molecular complexity index is 273. The minimum absolute atomic E-state index is 0. The van der Waals surface area contributed by atoms with Crippen molar-refractivity contribution in [3.05, 3.63) is 22.4 Å². The number of rotatable bonds is 4. The van der Waals surface area contributed by atoms with Crippen molar-refractivity contribution >= 4 is 23.7 Å². The zero-order valence-electron chi connectivity index (χ0n) is 9.65. The van der Waals surface area contributed by atoms with Crippen LogP contribution in [-0.2, 0) is 4.74 Å². The molecule has 0 spiro atoms. The van der Waals surface area contributed by atoms with Gasteiger partial charge in [0, 0.05) is 4.88 Å². The van der Waals surface area contributed by atoms with Gasteiger partial charge in [0.15, 0.2) is 0 Å². The van der Waals surface area contributed by atoms with Crippen molar-refractivity contribution in [3.63, 3.8) is 0 Å². The number of halogens is 1. The van der Waals surface area contributed by atoms with E-state index in [4.69, 9.17) is 4.74 Å². The van der Waals surface area contributed by atoms with Crippen LogP contribution in [0.2, 0.25) is 0 Å². The van der Waals surface area contributed by atoms with Gasteiger partial charge in [0.2, 0.25) is 0 Å². The molecule has 1 aliphatic rings. The lowest BCUT2D eigenvalue weighted by molar-refractivity contribution is 0.0339. The average molecular weight is 262 g/mol. The molecule has 2 heterocycles. The third-order valence-corrected chi connectivity index (χ3v) is 4.02. The third-order valence-electron chi connectivity index (χ3n) is 2.98. The van der Waals surface area contributed by atoms with Gasteiger partial charge in [-0.15, -0.1) is 23.7 Å². The average Bonchev–Trinajstić information content (AvgIpc) is 2.81. The summed E-state index contributed by atoms with van der Waals surface area (Å²) in [4.78, 5) is 1.34. The third kappa shape index (κ3) is 4.06. The van der Waals surface area contributed by atoms with Crippen molar-refractivity contribution in [3.8, 4) is 0 Å². The van der Waals surface area contributed by atoms with E-state index in [2.05, 4.69) is 29.8 Å². The van der Waals surface area contributed by atoms with Crippen LogP contribution >= 0.6 is 23.7 Å². The van der Waals surface area contributed by atoms with Crippen LogP contribution in [0.15, 0.2) is 17.5 Å². The molecule has 92 valence electrons. The lowest BCUT2D eigenvalue weighted by Gasteiger charge is -2.23. The van der Waals surface area contributed by atoms with Crippen molar-refractivity contribution in [1.29, 1.82) is 0 Å². The number of piperidine rings is 1. The highest BCUT2D eigenvalue weighted by Crippen LogP contribution is 2.23. The monoisotopic (exact) mass is 261 g/mol. The second-order valence-electron chi connectivity index (χ2n) is 4.18. The van der Waals surface area contributed by atoms with Gasteiger partial charge in [0.1, 0.15) is 0 Å². The van der Waals surface area contributed by atoms with Gasteiger partial charge in [-0.2, -0.15) is 0 Å². The molecular formula is C12H20ClNOS. The molecular weight excluding hydrogens is 242 g/mol. The molecule has 1 unspecified atom stereocenters. The predicted molar refractivity (Wildman–Crippen MR) is 71.5 cm³/mol. The summed E-state index contributed by atoms with van der Waals surface area (Å²) < 4.78 is 5.91. The minimum atomic E-state index is 0. The Balaban J connectivity index is 0.00000128. The molecule has 0 saturated carbocycles. The van der Waals surface area contributed by atoms with Crippen LogP contribution in [0.3, 0.4) is 0 Å². The fourth-order valence-corrected chi connectivity index (χ4v) is 2.66. The molecule has 0 aromatic carbocycles. The molecule has 0 amide bonds. The first-order valence-corrected chi connectivity index (χ1v) is 6.60. The summed E-state index contributed by atoms with van der Waals surface area (Å²) >= 11 is 1.78. The summed E-state index contributed by atoms with van der Waals surface area (Å²) in [6.45, 7) is 5.37. The summed E-state index contributed by atoms with van der Waals surface area (Å²) in [7, 11) is 0. The molecule has 1 atom stereocenters. The van der Waals surface area contributed by atoms with Crippen LogP contribution in [0.5, 0.6) is 0 Å². The Kier molecular flexibility index (Phi) is 6.36. The SMILES string of the molecule is CC(OCC1CCNCC1)c1cccs1.Cl. The van der Waals surface area contributed by atoms with Gasteiger partial charge in [0.25, 0.3) is 0 Å². The summed E-state index contributed by atoms with van der Waals surface area (Å²) in [5.41, 5.74) is 0. The molecule has 1 N–H and O–H groups in total. The molecule has 1 saturated heterocycles. The van der Waals surface area contributed by atoms with Gasteiger partial charge >= 0.3 is 0 Å². The normalized spacial score (nSPS) is 19.1. The summed E-state index contributed by atoms with van der Waals surface area (Å²) in [6, 6.07) is 4.24. The van der Waals surface area contributed by atoms with Gasteiger partial charge in [-0.3, -0.25) is 0 Å². The maximum absolute atomic E-state index is 5.91. The standard InChI is InChI=1S/C12H19NOS.ClH/c1-10(12-3-2-8-15-12)14-9-11-4-6-13-7-5-11;/h2-3,8,10-11,13H,4-7,9H2,1H3;1H. The largest absolute Gasteiger partial charge is 0.373 e. The van der Waals surface area contributed by atoms with Gasteiger partial charge in [-0.25, -0.2) is 0 Å². The Labute approximate surface area is 108 Å². The molecule has 2 nitrogen and oxygen atoms in total. The molecule has 0 radical (unpaired) electrons. The number of hydrogen-bond donors (Lipinski definition) is 1. The van der Waals surface area contributed by atoms with Crippen molar-refractivity contribution in [2.75, 3.05) is 19.7 Å². The van der Waals surface area contributed by atoms with E-state index in [-0.39, 0.29) is 18.5 Å². The van der Waals surface area contributed by atoms with E-state index in [0.29, 0.717) is 0 Å². The highest BCUT2D eigenvalue weighted by Gasteiger charge is 2.15. The second kappa shape index (κ2) is 7.28. The van der Waals surface area contributed by atoms with E-state index in [0.717, 1.165) is 25.6 Å². The smallest absolute Gasteiger partial charge is 0.0888 e. The first-order chi connectivity index (χ1) is 7.36. The van der Waals surface area contributed by atoms with Crippen LogP contribution in [0.4, 0.5) is 0 Å². The predicted octanol–water partition coefficient (Wildman–Crippen LogP) is 3.25. The number of hydrogen-bond acceptors (Lipinski definition) is 3. The number of thiophene rings is 1. The van der Waals surface area contributed by atoms with Crippen molar-refractivity contribution in [2.24, 2.45) is 5.92 Å². The Morgan fingerprint density at radius 1 is 1.50 bits per heavy atom.